The highest BCUT2D eigenvalue weighted by Crippen LogP contribution is 2.34. The Hall–Kier alpha value is -3.51. The van der Waals surface area contributed by atoms with Gasteiger partial charge in [0.15, 0.2) is 6.29 Å². The number of benzene rings is 2. The maximum absolute atomic E-state index is 11.6. The summed E-state index contributed by atoms with van der Waals surface area (Å²) < 4.78 is 0. The second kappa shape index (κ2) is 9.32. The number of nitrogens with two attached hydrogens (primary N) is 1. The summed E-state index contributed by atoms with van der Waals surface area (Å²) in [5.74, 6) is 0.397. The van der Waals surface area contributed by atoms with Crippen LogP contribution in [0.4, 0.5) is 5.69 Å². The first-order valence-electron chi connectivity index (χ1n) is 10.4. The van der Waals surface area contributed by atoms with Crippen LogP contribution >= 0.6 is 0 Å². The van der Waals surface area contributed by atoms with E-state index in [-0.39, 0.29) is 0 Å². The third-order valence-electron chi connectivity index (χ3n) is 5.19. The first-order chi connectivity index (χ1) is 15.1. The smallest absolute Gasteiger partial charge is 0.150 e. The summed E-state index contributed by atoms with van der Waals surface area (Å²) in [6.45, 7) is 5.93. The average molecular weight is 432 g/mol. The van der Waals surface area contributed by atoms with Crippen molar-refractivity contribution in [3.63, 3.8) is 0 Å². The molecule has 166 valence electrons. The lowest BCUT2D eigenvalue weighted by Crippen LogP contribution is -2.33. The Balaban J connectivity index is 2.02. The van der Waals surface area contributed by atoms with Crippen LogP contribution in [-0.4, -0.2) is 47.6 Å². The van der Waals surface area contributed by atoms with Gasteiger partial charge in [-0.1, -0.05) is 18.2 Å². The predicted octanol–water partition coefficient (Wildman–Crippen LogP) is 4.12. The van der Waals surface area contributed by atoms with Crippen LogP contribution < -0.4 is 5.73 Å². The fraction of sp³-hybridized carbons (Fsp3) is 0.269. The molecule has 0 bridgehead atoms. The zero-order chi connectivity index (χ0) is 23.5. The van der Waals surface area contributed by atoms with Crippen LogP contribution in [-0.2, 0) is 4.79 Å². The number of aryl methyl sites for hydroxylation is 1. The second-order valence-corrected chi connectivity index (χ2v) is 8.85. The molecule has 0 aromatic heterocycles. The molecule has 0 spiro atoms. The van der Waals surface area contributed by atoms with Crippen molar-refractivity contribution in [3.05, 3.63) is 64.4 Å². The van der Waals surface area contributed by atoms with Gasteiger partial charge < -0.3 is 15.7 Å². The molecular formula is C26H29N3O3. The van der Waals surface area contributed by atoms with E-state index in [4.69, 9.17) is 5.73 Å². The van der Waals surface area contributed by atoms with Crippen LogP contribution in [0.1, 0.15) is 47.3 Å². The first kappa shape index (κ1) is 23.2. The summed E-state index contributed by atoms with van der Waals surface area (Å²) in [5, 5.41) is 10.00. The highest BCUT2D eigenvalue weighted by Gasteiger charge is 2.15. The summed E-state index contributed by atoms with van der Waals surface area (Å²) in [7, 11) is 1.87. The number of hydrogen-bond donors (Lipinski definition) is 2. The molecule has 0 saturated carbocycles. The number of amidine groups is 1. The number of nitrogens with zero attached hydrogens (tertiary/aromatic N) is 2. The van der Waals surface area contributed by atoms with Gasteiger partial charge in [-0.05, 0) is 73.5 Å². The third kappa shape index (κ3) is 5.59. The van der Waals surface area contributed by atoms with Crippen LogP contribution in [0.3, 0.4) is 0 Å². The van der Waals surface area contributed by atoms with Crippen molar-refractivity contribution in [3.8, 4) is 11.1 Å². The van der Waals surface area contributed by atoms with Crippen molar-refractivity contribution >= 4 is 36.2 Å². The molecule has 0 atom stereocenters. The van der Waals surface area contributed by atoms with Gasteiger partial charge in [-0.25, -0.2) is 4.99 Å². The standard InChI is InChI=1S/C26H29N3O3/c1-17-9-22(13-24-23(17)10-18(14-30)11-25(27)28-24)19-5-6-21(15-31)20(12-19)7-8-29(4)16-26(2,3)32/h5-10,12-15,32H,11,16H2,1-4H3,(H2,27,28)/b8-7-. The van der Waals surface area contributed by atoms with Crippen molar-refractivity contribution in [1.29, 1.82) is 0 Å². The molecule has 3 N–H and O–H groups in total. The lowest BCUT2D eigenvalue weighted by Gasteiger charge is -2.24. The van der Waals surface area contributed by atoms with Crippen molar-refractivity contribution in [2.75, 3.05) is 13.6 Å². The molecule has 0 radical (unpaired) electrons. The Kier molecular flexibility index (Phi) is 6.75. The van der Waals surface area contributed by atoms with E-state index < -0.39 is 5.60 Å². The maximum Gasteiger partial charge on any atom is 0.150 e. The number of carbonyl (C=O) groups is 2. The fourth-order valence-corrected chi connectivity index (χ4v) is 3.82. The van der Waals surface area contributed by atoms with E-state index >= 15 is 0 Å². The van der Waals surface area contributed by atoms with Gasteiger partial charge in [-0.2, -0.15) is 0 Å². The summed E-state index contributed by atoms with van der Waals surface area (Å²) in [4.78, 5) is 29.3. The van der Waals surface area contributed by atoms with Crippen molar-refractivity contribution < 1.29 is 14.7 Å². The van der Waals surface area contributed by atoms with E-state index in [9.17, 15) is 14.7 Å². The van der Waals surface area contributed by atoms with Gasteiger partial charge in [0.25, 0.3) is 0 Å². The second-order valence-electron chi connectivity index (χ2n) is 8.85. The lowest BCUT2D eigenvalue weighted by atomic mass is 9.94. The van der Waals surface area contributed by atoms with E-state index in [1.54, 1.807) is 19.9 Å². The predicted molar refractivity (Wildman–Crippen MR) is 130 cm³/mol. The van der Waals surface area contributed by atoms with Crippen LogP contribution in [0, 0.1) is 6.92 Å². The Bertz CT molecular complexity index is 1140. The van der Waals surface area contributed by atoms with E-state index in [1.807, 2.05) is 61.5 Å². The molecule has 0 aliphatic carbocycles. The molecule has 2 aromatic carbocycles. The molecule has 1 heterocycles. The summed E-state index contributed by atoms with van der Waals surface area (Å²) in [6, 6.07) is 9.64. The Morgan fingerprint density at radius 3 is 2.53 bits per heavy atom. The van der Waals surface area contributed by atoms with Crippen molar-refractivity contribution in [1.82, 2.24) is 4.90 Å². The number of aliphatic hydroxyl groups is 1. The highest BCUT2D eigenvalue weighted by molar-refractivity contribution is 5.98. The van der Waals surface area contributed by atoms with E-state index in [0.29, 0.717) is 29.9 Å². The monoisotopic (exact) mass is 431 g/mol. The Labute approximate surface area is 188 Å². The van der Waals surface area contributed by atoms with Crippen LogP contribution in [0.5, 0.6) is 0 Å². The van der Waals surface area contributed by atoms with E-state index in [1.165, 1.54) is 0 Å². The third-order valence-corrected chi connectivity index (χ3v) is 5.19. The molecule has 3 rings (SSSR count). The molecule has 32 heavy (non-hydrogen) atoms. The number of rotatable bonds is 7. The molecule has 0 saturated heterocycles. The van der Waals surface area contributed by atoms with E-state index in [0.717, 1.165) is 46.1 Å². The van der Waals surface area contributed by atoms with Gasteiger partial charge in [0.2, 0.25) is 0 Å². The van der Waals surface area contributed by atoms with Gasteiger partial charge >= 0.3 is 0 Å². The molecule has 1 aliphatic heterocycles. The topological polar surface area (TPSA) is 96.0 Å². The van der Waals surface area contributed by atoms with E-state index in [2.05, 4.69) is 4.99 Å². The number of aliphatic imine (C=N–C) groups is 1. The van der Waals surface area contributed by atoms with Crippen molar-refractivity contribution in [2.24, 2.45) is 10.7 Å². The first-order valence-corrected chi connectivity index (χ1v) is 10.4. The maximum atomic E-state index is 11.6. The fourth-order valence-electron chi connectivity index (χ4n) is 3.82. The van der Waals surface area contributed by atoms with Gasteiger partial charge in [0.05, 0.1) is 11.3 Å². The molecule has 6 heteroatoms. The Morgan fingerprint density at radius 2 is 1.88 bits per heavy atom. The normalized spacial score (nSPS) is 13.8. The molecule has 2 aromatic rings. The number of aldehydes is 2. The van der Waals surface area contributed by atoms with Crippen molar-refractivity contribution in [2.45, 2.75) is 32.8 Å². The molecule has 1 aliphatic rings. The van der Waals surface area contributed by atoms with Crippen LogP contribution in [0.2, 0.25) is 0 Å². The molecule has 6 nitrogen and oxygen atoms in total. The molecule has 0 fully saturated rings. The molecule has 0 amide bonds. The molecule has 0 unspecified atom stereocenters. The minimum Gasteiger partial charge on any atom is -0.389 e. The van der Waals surface area contributed by atoms with Gasteiger partial charge in [0.1, 0.15) is 12.1 Å². The largest absolute Gasteiger partial charge is 0.389 e. The van der Waals surface area contributed by atoms with Gasteiger partial charge in [-0.3, -0.25) is 9.59 Å². The lowest BCUT2D eigenvalue weighted by molar-refractivity contribution is -0.104. The number of carbonyl (C=O) groups excluding carboxylic acids is 2. The average Bonchev–Trinajstić information content (AvgIpc) is 2.88. The van der Waals surface area contributed by atoms with Crippen LogP contribution in [0.25, 0.3) is 23.3 Å². The van der Waals surface area contributed by atoms with Gasteiger partial charge in [-0.15, -0.1) is 0 Å². The van der Waals surface area contributed by atoms with Crippen LogP contribution in [0.15, 0.2) is 47.1 Å². The highest BCUT2D eigenvalue weighted by atomic mass is 16.3. The summed E-state index contributed by atoms with van der Waals surface area (Å²) >= 11 is 0. The quantitative estimate of drug-likeness (QED) is 0.643. The number of likely N-dealkylation sites (N-methyl/N-ethyl adjacent to an activating group) is 1. The minimum absolute atomic E-state index is 0.327. The Morgan fingerprint density at radius 1 is 1.12 bits per heavy atom. The summed E-state index contributed by atoms with van der Waals surface area (Å²) in [5.41, 5.74) is 11.6. The SMILES string of the molecule is Cc1cc(-c2ccc(C=O)c(/C=C\N(C)CC(C)(C)O)c2)cc2c1C=C(C=O)CC(N)=N2. The number of hydrogen-bond acceptors (Lipinski definition) is 6. The summed E-state index contributed by atoms with van der Waals surface area (Å²) in [6.07, 6.45) is 7.53. The zero-order valence-electron chi connectivity index (χ0n) is 18.9. The zero-order valence-corrected chi connectivity index (χ0v) is 18.9. The molecular weight excluding hydrogens is 402 g/mol. The van der Waals surface area contributed by atoms with Gasteiger partial charge in [0, 0.05) is 36.7 Å². The minimum atomic E-state index is -0.825. The number of fused-ring (bicyclic) bond motifs is 1.